The molecule has 40 heavy (non-hydrogen) atoms. The molecule has 0 spiro atoms. The van der Waals surface area contributed by atoms with Crippen molar-refractivity contribution in [3.8, 4) is 11.5 Å². The quantitative estimate of drug-likeness (QED) is 0.393. The number of nitrogens with zero attached hydrogens (tertiary/aromatic N) is 2. The van der Waals surface area contributed by atoms with E-state index in [0.29, 0.717) is 21.5 Å². The fourth-order valence-electron chi connectivity index (χ4n) is 7.83. The van der Waals surface area contributed by atoms with Gasteiger partial charge in [-0.3, -0.25) is 9.89 Å². The number of hydrogen-bond acceptors (Lipinski definition) is 6. The van der Waals surface area contributed by atoms with Gasteiger partial charge in [-0.25, -0.2) is 0 Å². The van der Waals surface area contributed by atoms with Crippen molar-refractivity contribution in [2.45, 2.75) is 87.9 Å². The maximum Gasteiger partial charge on any atom is 0.157 e. The molecule has 4 atom stereocenters. The normalized spacial score (nSPS) is 30.0. The van der Waals surface area contributed by atoms with Crippen molar-refractivity contribution in [2.24, 2.45) is 10.9 Å². The Morgan fingerprint density at radius 2 is 1.88 bits per heavy atom. The van der Waals surface area contributed by atoms with Crippen LogP contribution >= 0.6 is 23.2 Å². The van der Waals surface area contributed by atoms with Crippen LogP contribution in [0.4, 0.5) is 0 Å². The van der Waals surface area contributed by atoms with Crippen LogP contribution in [0, 0.1) is 5.92 Å². The molecule has 5 aliphatic rings. The number of benzene rings is 2. The van der Waals surface area contributed by atoms with Gasteiger partial charge in [0.05, 0.1) is 22.2 Å². The number of amidine groups is 1. The standard InChI is InChI=1S/C21H29NO2.C11H12Cl2N2O/c23-17-7-6-16-12-19-21(24)9-2-1-8-20(21,18(16)13-17)10-11-22(19)14-15-4-3-5-15;1-7(11-14-5-6-15-11)16-10-8(12)3-2-4-9(10)13/h6-7,13,15,19,23-24H,1-5,8-12,14H2;2-4,7H,5-6H2,1H3,(H,14,15)/t19-,20+,21-;/m1./s1. The molecule has 2 aliphatic heterocycles. The van der Waals surface area contributed by atoms with Crippen molar-refractivity contribution < 1.29 is 14.9 Å². The molecule has 2 saturated carbocycles. The number of aliphatic imine (C=N–C) groups is 1. The minimum Gasteiger partial charge on any atom is -0.508 e. The summed E-state index contributed by atoms with van der Waals surface area (Å²) in [5.41, 5.74) is 1.89. The molecule has 2 aromatic rings. The van der Waals surface area contributed by atoms with Crippen LogP contribution in [0.3, 0.4) is 0 Å². The van der Waals surface area contributed by atoms with Gasteiger partial charge in [0.1, 0.15) is 11.6 Å². The van der Waals surface area contributed by atoms with Crippen LogP contribution in [0.15, 0.2) is 41.4 Å². The summed E-state index contributed by atoms with van der Waals surface area (Å²) in [7, 11) is 0. The van der Waals surface area contributed by atoms with Crippen LogP contribution in [0.1, 0.15) is 69.4 Å². The summed E-state index contributed by atoms with van der Waals surface area (Å²) in [6.45, 7) is 5.85. The van der Waals surface area contributed by atoms with E-state index in [1.54, 1.807) is 18.2 Å². The smallest absolute Gasteiger partial charge is 0.157 e. The summed E-state index contributed by atoms with van der Waals surface area (Å²) in [4.78, 5) is 6.91. The Kier molecular flexibility index (Phi) is 7.99. The first-order valence-corrected chi connectivity index (χ1v) is 15.7. The molecule has 6 nitrogen and oxygen atoms in total. The third-order valence-corrected chi connectivity index (χ3v) is 10.7. The monoisotopic (exact) mass is 585 g/mol. The molecule has 2 bridgehead atoms. The van der Waals surface area contributed by atoms with Gasteiger partial charge < -0.3 is 20.3 Å². The number of halogens is 2. The topological polar surface area (TPSA) is 77.3 Å². The van der Waals surface area contributed by atoms with Gasteiger partial charge in [-0.1, -0.05) is 54.6 Å². The van der Waals surface area contributed by atoms with Crippen molar-refractivity contribution >= 4 is 29.0 Å². The Balaban J connectivity index is 0.000000158. The Bertz CT molecular complexity index is 1250. The van der Waals surface area contributed by atoms with Crippen LogP contribution in [0.2, 0.25) is 10.0 Å². The second-order valence-corrected chi connectivity index (χ2v) is 13.1. The first kappa shape index (κ1) is 28.1. The highest BCUT2D eigenvalue weighted by Crippen LogP contribution is 2.58. The van der Waals surface area contributed by atoms with E-state index in [1.165, 1.54) is 43.4 Å². The first-order chi connectivity index (χ1) is 19.3. The molecule has 3 fully saturated rings. The predicted octanol–water partition coefficient (Wildman–Crippen LogP) is 6.13. The number of phenolic OH excluding ortho intramolecular Hbond substituents is 1. The summed E-state index contributed by atoms with van der Waals surface area (Å²) in [5.74, 6) is 2.56. The summed E-state index contributed by atoms with van der Waals surface area (Å²) >= 11 is 12.0. The summed E-state index contributed by atoms with van der Waals surface area (Å²) in [5, 5.41) is 26.2. The number of phenols is 1. The zero-order chi connectivity index (χ0) is 27.9. The van der Waals surface area contributed by atoms with E-state index in [-0.39, 0.29) is 17.6 Å². The zero-order valence-corrected chi connectivity index (χ0v) is 24.9. The molecule has 1 saturated heterocycles. The lowest BCUT2D eigenvalue weighted by molar-refractivity contribution is -0.169. The Labute approximate surface area is 247 Å². The Morgan fingerprint density at radius 3 is 2.58 bits per heavy atom. The second-order valence-electron chi connectivity index (χ2n) is 12.3. The second kappa shape index (κ2) is 11.4. The van der Waals surface area contributed by atoms with Crippen LogP contribution < -0.4 is 10.1 Å². The molecular weight excluding hydrogens is 545 g/mol. The minimum atomic E-state index is -0.603. The average molecular weight is 587 g/mol. The number of hydrogen-bond donors (Lipinski definition) is 3. The van der Waals surface area contributed by atoms with Gasteiger partial charge in [-0.05, 0) is 93.3 Å². The highest BCUT2D eigenvalue weighted by atomic mass is 35.5. The third-order valence-electron chi connectivity index (χ3n) is 10.1. The van der Waals surface area contributed by atoms with Crippen LogP contribution in [0.5, 0.6) is 11.5 Å². The summed E-state index contributed by atoms with van der Waals surface area (Å²) in [6.07, 6.45) is 10.3. The largest absolute Gasteiger partial charge is 0.508 e. The lowest BCUT2D eigenvalue weighted by Gasteiger charge is -2.64. The Hall–Kier alpha value is -1.99. The fraction of sp³-hybridized carbons (Fsp3) is 0.594. The van der Waals surface area contributed by atoms with E-state index >= 15 is 0 Å². The number of piperidine rings is 1. The maximum absolute atomic E-state index is 11.9. The molecule has 216 valence electrons. The minimum absolute atomic E-state index is 0.127. The average Bonchev–Trinajstić information content (AvgIpc) is 3.45. The number of aliphatic hydroxyl groups is 1. The number of fused-ring (bicyclic) bond motifs is 1. The van der Waals surface area contributed by atoms with E-state index in [1.807, 2.05) is 19.1 Å². The van der Waals surface area contributed by atoms with Crippen LogP contribution in [-0.4, -0.2) is 64.9 Å². The van der Waals surface area contributed by atoms with Crippen molar-refractivity contribution in [3.63, 3.8) is 0 Å². The molecule has 3 aliphatic carbocycles. The van der Waals surface area contributed by atoms with Gasteiger partial charge in [0.25, 0.3) is 0 Å². The van der Waals surface area contributed by atoms with Gasteiger partial charge in [-0.15, -0.1) is 0 Å². The predicted molar refractivity (Wildman–Crippen MR) is 161 cm³/mol. The highest BCUT2D eigenvalue weighted by molar-refractivity contribution is 6.37. The van der Waals surface area contributed by atoms with Gasteiger partial charge in [0.2, 0.25) is 0 Å². The van der Waals surface area contributed by atoms with Crippen molar-refractivity contribution in [1.29, 1.82) is 0 Å². The molecule has 0 amide bonds. The lowest BCUT2D eigenvalue weighted by atomic mass is 9.49. The lowest BCUT2D eigenvalue weighted by Crippen LogP contribution is -2.72. The first-order valence-electron chi connectivity index (χ1n) is 15.0. The number of para-hydroxylation sites is 1. The Morgan fingerprint density at radius 1 is 1.10 bits per heavy atom. The molecule has 8 heteroatoms. The molecule has 0 radical (unpaired) electrons. The van der Waals surface area contributed by atoms with Crippen molar-refractivity contribution in [3.05, 3.63) is 57.6 Å². The number of ether oxygens (including phenoxy) is 1. The van der Waals surface area contributed by atoms with Crippen molar-refractivity contribution in [2.75, 3.05) is 26.2 Å². The van der Waals surface area contributed by atoms with Crippen LogP contribution in [0.25, 0.3) is 0 Å². The number of nitrogens with one attached hydrogen (secondary N) is 1. The molecule has 2 heterocycles. The maximum atomic E-state index is 11.9. The molecule has 2 aromatic carbocycles. The van der Waals surface area contributed by atoms with Crippen LogP contribution in [-0.2, 0) is 11.8 Å². The number of rotatable bonds is 5. The summed E-state index contributed by atoms with van der Waals surface area (Å²) in [6, 6.07) is 11.5. The van der Waals surface area contributed by atoms with Gasteiger partial charge in [-0.2, -0.15) is 0 Å². The van der Waals surface area contributed by atoms with Crippen molar-refractivity contribution in [1.82, 2.24) is 10.2 Å². The third kappa shape index (κ3) is 4.99. The fourth-order valence-corrected chi connectivity index (χ4v) is 8.32. The molecule has 7 rings (SSSR count). The molecule has 1 unspecified atom stereocenters. The number of likely N-dealkylation sites (tertiary alicyclic amines) is 1. The molecule has 0 aromatic heterocycles. The van der Waals surface area contributed by atoms with E-state index in [0.717, 1.165) is 63.5 Å². The van der Waals surface area contributed by atoms with E-state index < -0.39 is 5.60 Å². The zero-order valence-electron chi connectivity index (χ0n) is 23.3. The van der Waals surface area contributed by atoms with Gasteiger partial charge in [0, 0.05) is 24.5 Å². The molecule has 3 N–H and O–H groups in total. The SMILES string of the molecule is CC(Oc1c(Cl)cccc1Cl)C1=NCCN1.Oc1ccc2c(c1)[C@@]13CCCC[C@@]1(O)[C@@H](C2)N(CC1CCC1)CC3. The highest BCUT2D eigenvalue weighted by Gasteiger charge is 2.63. The van der Waals surface area contributed by atoms with E-state index in [2.05, 4.69) is 21.3 Å². The summed E-state index contributed by atoms with van der Waals surface area (Å²) < 4.78 is 5.70. The van der Waals surface area contributed by atoms with Gasteiger partial charge in [0.15, 0.2) is 11.9 Å². The number of aromatic hydroxyl groups is 1. The van der Waals surface area contributed by atoms with E-state index in [9.17, 15) is 10.2 Å². The molecular formula is C32H41Cl2N3O3. The van der Waals surface area contributed by atoms with Gasteiger partial charge >= 0.3 is 0 Å². The van der Waals surface area contributed by atoms with E-state index in [4.69, 9.17) is 27.9 Å².